The van der Waals surface area contributed by atoms with Gasteiger partial charge in [0.2, 0.25) is 0 Å². The van der Waals surface area contributed by atoms with Gasteiger partial charge in [0.1, 0.15) is 5.82 Å². The minimum atomic E-state index is 0.735. The van der Waals surface area contributed by atoms with Crippen LogP contribution in [0.2, 0.25) is 0 Å². The molecule has 0 amide bonds. The molecule has 0 saturated carbocycles. The Labute approximate surface area is 158 Å². The Morgan fingerprint density at radius 1 is 1.07 bits per heavy atom. The Morgan fingerprint density at radius 3 is 2.81 bits per heavy atom. The molecule has 0 saturated heterocycles. The van der Waals surface area contributed by atoms with E-state index in [1.165, 1.54) is 0 Å². The van der Waals surface area contributed by atoms with Crippen molar-refractivity contribution >= 4 is 27.6 Å². The molecule has 6 nitrogen and oxygen atoms in total. The lowest BCUT2D eigenvalue weighted by Crippen LogP contribution is -2.14. The summed E-state index contributed by atoms with van der Waals surface area (Å²) in [4.78, 5) is 9.73. The number of hydrogen-bond donors (Lipinski definition) is 2. The first-order chi connectivity index (χ1) is 13.2. The van der Waals surface area contributed by atoms with Crippen LogP contribution in [0, 0.1) is 6.92 Å². The summed E-state index contributed by atoms with van der Waals surface area (Å²) >= 11 is 0. The summed E-state index contributed by atoms with van der Waals surface area (Å²) in [5, 5.41) is 13.1. The number of benzene rings is 2. The third-order valence-electron chi connectivity index (χ3n) is 4.83. The first-order valence-corrected chi connectivity index (χ1v) is 9.25. The minimum Gasteiger partial charge on any atom is -0.369 e. The molecule has 6 heteroatoms. The molecule has 0 spiro atoms. The minimum absolute atomic E-state index is 0.735. The molecular formula is C21H24N6. The van der Waals surface area contributed by atoms with Crippen molar-refractivity contribution in [3.05, 3.63) is 48.2 Å². The third-order valence-corrected chi connectivity index (χ3v) is 4.83. The van der Waals surface area contributed by atoms with E-state index in [0.29, 0.717) is 0 Å². The predicted octanol–water partition coefficient (Wildman–Crippen LogP) is 3.51. The van der Waals surface area contributed by atoms with Crippen LogP contribution >= 0.6 is 0 Å². The maximum atomic E-state index is 4.87. The maximum Gasteiger partial charge on any atom is 0.162 e. The highest BCUT2D eigenvalue weighted by Gasteiger charge is 2.12. The maximum absolute atomic E-state index is 4.87. The van der Waals surface area contributed by atoms with Crippen molar-refractivity contribution in [1.29, 1.82) is 0 Å². The summed E-state index contributed by atoms with van der Waals surface area (Å²) in [5.41, 5.74) is 4.24. The van der Waals surface area contributed by atoms with Gasteiger partial charge in [0.15, 0.2) is 5.82 Å². The molecule has 0 unspecified atom stereocenters. The number of aromatic nitrogens is 4. The molecular weight excluding hydrogens is 336 g/mol. The summed E-state index contributed by atoms with van der Waals surface area (Å²) in [6.45, 7) is 3.93. The van der Waals surface area contributed by atoms with Gasteiger partial charge in [-0.2, -0.15) is 5.10 Å². The Hall–Kier alpha value is -2.99. The molecule has 0 bridgehead atoms. The predicted molar refractivity (Wildman–Crippen MR) is 111 cm³/mol. The zero-order valence-corrected chi connectivity index (χ0v) is 16.0. The summed E-state index contributed by atoms with van der Waals surface area (Å²) in [5.74, 6) is 1.62. The van der Waals surface area contributed by atoms with Crippen LogP contribution in [0.4, 0.5) is 5.82 Å². The molecule has 138 valence electrons. The van der Waals surface area contributed by atoms with Gasteiger partial charge in [-0.1, -0.05) is 12.1 Å². The van der Waals surface area contributed by atoms with Gasteiger partial charge in [-0.05, 0) is 56.8 Å². The lowest BCUT2D eigenvalue weighted by Gasteiger charge is -2.12. The quantitative estimate of drug-likeness (QED) is 0.515. The summed E-state index contributed by atoms with van der Waals surface area (Å²) in [7, 11) is 3.92. The molecule has 0 atom stereocenters. The standard InChI is InChI=1S/C21H24N6/c1-14-6-4-7-17-19(14)25-20(26-21(17)23-11-5-10-22-2)15-8-9-18-16(12-15)13-24-27(18)3/h4,6-9,12-13,22H,5,10-11H2,1-3H3,(H,23,25,26). The summed E-state index contributed by atoms with van der Waals surface area (Å²) < 4.78 is 1.87. The Kier molecular flexibility index (Phi) is 4.73. The van der Waals surface area contributed by atoms with Crippen molar-refractivity contribution in [2.75, 3.05) is 25.5 Å². The van der Waals surface area contributed by atoms with Crippen molar-refractivity contribution in [2.45, 2.75) is 13.3 Å². The molecule has 2 aromatic carbocycles. The van der Waals surface area contributed by atoms with Gasteiger partial charge < -0.3 is 10.6 Å². The van der Waals surface area contributed by atoms with Crippen molar-refractivity contribution in [3.63, 3.8) is 0 Å². The van der Waals surface area contributed by atoms with Gasteiger partial charge in [-0.3, -0.25) is 4.68 Å². The third kappa shape index (κ3) is 3.36. The van der Waals surface area contributed by atoms with Gasteiger partial charge in [0.25, 0.3) is 0 Å². The second kappa shape index (κ2) is 7.32. The number of hydrogen-bond acceptors (Lipinski definition) is 5. The van der Waals surface area contributed by atoms with Crippen LogP contribution in [0.25, 0.3) is 33.2 Å². The first-order valence-electron chi connectivity index (χ1n) is 9.25. The van der Waals surface area contributed by atoms with E-state index in [4.69, 9.17) is 9.97 Å². The SMILES string of the molecule is CNCCCNc1nc(-c2ccc3c(cnn3C)c2)nc2c(C)cccc12. The molecule has 0 radical (unpaired) electrons. The second-order valence-corrected chi connectivity index (χ2v) is 6.79. The zero-order valence-electron chi connectivity index (χ0n) is 16.0. The monoisotopic (exact) mass is 360 g/mol. The number of anilines is 1. The average molecular weight is 360 g/mol. The van der Waals surface area contributed by atoms with Gasteiger partial charge in [-0.15, -0.1) is 0 Å². The van der Waals surface area contributed by atoms with Crippen LogP contribution < -0.4 is 10.6 Å². The largest absolute Gasteiger partial charge is 0.369 e. The molecule has 0 fully saturated rings. The molecule has 4 rings (SSSR count). The molecule has 2 heterocycles. The summed E-state index contributed by atoms with van der Waals surface area (Å²) in [6.07, 6.45) is 2.91. The van der Waals surface area contributed by atoms with Crippen LogP contribution in [-0.2, 0) is 7.05 Å². The lowest BCUT2D eigenvalue weighted by atomic mass is 10.1. The number of fused-ring (bicyclic) bond motifs is 2. The van der Waals surface area contributed by atoms with Gasteiger partial charge >= 0.3 is 0 Å². The molecule has 4 aromatic rings. The Bertz CT molecular complexity index is 1100. The van der Waals surface area contributed by atoms with Crippen LogP contribution in [-0.4, -0.2) is 39.9 Å². The Balaban J connectivity index is 1.80. The highest BCUT2D eigenvalue weighted by molar-refractivity contribution is 5.93. The normalized spacial score (nSPS) is 11.4. The number of aryl methyl sites for hydroxylation is 2. The van der Waals surface area contributed by atoms with Crippen molar-refractivity contribution in [2.24, 2.45) is 7.05 Å². The van der Waals surface area contributed by atoms with E-state index in [-0.39, 0.29) is 0 Å². The van der Waals surface area contributed by atoms with Crippen molar-refractivity contribution in [1.82, 2.24) is 25.1 Å². The Morgan fingerprint density at radius 2 is 1.96 bits per heavy atom. The number of rotatable bonds is 6. The fourth-order valence-electron chi connectivity index (χ4n) is 3.33. The van der Waals surface area contributed by atoms with Gasteiger partial charge in [-0.25, -0.2) is 9.97 Å². The fourth-order valence-corrected chi connectivity index (χ4v) is 3.33. The van der Waals surface area contributed by atoms with E-state index >= 15 is 0 Å². The topological polar surface area (TPSA) is 67.7 Å². The van der Waals surface area contributed by atoms with Gasteiger partial charge in [0, 0.05) is 29.9 Å². The summed E-state index contributed by atoms with van der Waals surface area (Å²) in [6, 6.07) is 12.5. The van der Waals surface area contributed by atoms with E-state index < -0.39 is 0 Å². The van der Waals surface area contributed by atoms with Crippen molar-refractivity contribution < 1.29 is 0 Å². The number of nitrogens with zero attached hydrogens (tertiary/aromatic N) is 4. The smallest absolute Gasteiger partial charge is 0.162 e. The highest BCUT2D eigenvalue weighted by atomic mass is 15.2. The van der Waals surface area contributed by atoms with Crippen LogP contribution in [0.15, 0.2) is 42.6 Å². The van der Waals surface area contributed by atoms with E-state index in [1.807, 2.05) is 25.0 Å². The second-order valence-electron chi connectivity index (χ2n) is 6.79. The number of para-hydroxylation sites is 1. The van der Waals surface area contributed by atoms with Crippen LogP contribution in [0.1, 0.15) is 12.0 Å². The zero-order chi connectivity index (χ0) is 18.8. The highest BCUT2D eigenvalue weighted by Crippen LogP contribution is 2.28. The molecule has 2 aromatic heterocycles. The van der Waals surface area contributed by atoms with Gasteiger partial charge in [0.05, 0.1) is 17.2 Å². The fraction of sp³-hybridized carbons (Fsp3) is 0.286. The number of nitrogens with one attached hydrogen (secondary N) is 2. The lowest BCUT2D eigenvalue weighted by molar-refractivity contribution is 0.747. The first kappa shape index (κ1) is 17.4. The van der Waals surface area contributed by atoms with Crippen LogP contribution in [0.3, 0.4) is 0 Å². The molecule has 2 N–H and O–H groups in total. The molecule has 0 aliphatic carbocycles. The van der Waals surface area contributed by atoms with E-state index in [0.717, 1.165) is 64.1 Å². The molecule has 0 aliphatic rings. The van der Waals surface area contributed by atoms with E-state index in [9.17, 15) is 0 Å². The molecule has 27 heavy (non-hydrogen) atoms. The molecule has 0 aliphatic heterocycles. The van der Waals surface area contributed by atoms with Crippen molar-refractivity contribution in [3.8, 4) is 11.4 Å². The average Bonchev–Trinajstić information content (AvgIpc) is 3.06. The van der Waals surface area contributed by atoms with Crippen LogP contribution in [0.5, 0.6) is 0 Å². The van der Waals surface area contributed by atoms with E-state index in [2.05, 4.69) is 59.1 Å². The van der Waals surface area contributed by atoms with E-state index in [1.54, 1.807) is 0 Å².